The third kappa shape index (κ3) is 3.32. The zero-order chi connectivity index (χ0) is 17.2. The fraction of sp³-hybridized carbons (Fsp3) is 0.455. The van der Waals surface area contributed by atoms with Crippen LogP contribution in [0.15, 0.2) is 36.4 Å². The van der Waals surface area contributed by atoms with E-state index in [1.54, 1.807) is 0 Å². The number of piperidine rings is 1. The number of carbonyl (C=O) groups is 1. The molecule has 1 unspecified atom stereocenters. The van der Waals surface area contributed by atoms with E-state index in [0.29, 0.717) is 11.6 Å². The minimum atomic E-state index is 0.130. The summed E-state index contributed by atoms with van der Waals surface area (Å²) >= 11 is 0. The number of ketones is 1. The molecule has 1 heterocycles. The van der Waals surface area contributed by atoms with Crippen molar-refractivity contribution in [1.29, 1.82) is 5.26 Å². The van der Waals surface area contributed by atoms with E-state index in [0.717, 1.165) is 42.3 Å². The molecule has 0 amide bonds. The summed E-state index contributed by atoms with van der Waals surface area (Å²) in [7, 11) is 0. The van der Waals surface area contributed by atoms with Gasteiger partial charge >= 0.3 is 0 Å². The lowest BCUT2D eigenvalue weighted by Crippen LogP contribution is -2.43. The van der Waals surface area contributed by atoms with Crippen LogP contribution in [0.1, 0.15) is 54.4 Å². The van der Waals surface area contributed by atoms with Gasteiger partial charge in [-0.25, -0.2) is 0 Å². The molecule has 2 fully saturated rings. The van der Waals surface area contributed by atoms with Crippen molar-refractivity contribution in [3.8, 4) is 6.07 Å². The highest BCUT2D eigenvalue weighted by atomic mass is 16.1. The normalized spacial score (nSPS) is 22.1. The highest BCUT2D eigenvalue weighted by molar-refractivity contribution is 6.01. The van der Waals surface area contributed by atoms with E-state index in [2.05, 4.69) is 11.0 Å². The molecule has 1 atom stereocenters. The van der Waals surface area contributed by atoms with Gasteiger partial charge in [0.1, 0.15) is 0 Å². The second-order valence-corrected chi connectivity index (χ2v) is 7.53. The van der Waals surface area contributed by atoms with Gasteiger partial charge < -0.3 is 0 Å². The Bertz CT molecular complexity index is 830. The predicted molar refractivity (Wildman–Crippen MR) is 99.5 cm³/mol. The third-order valence-electron chi connectivity index (χ3n) is 5.92. The largest absolute Gasteiger partial charge is 0.300 e. The first-order valence-corrected chi connectivity index (χ1v) is 9.47. The topological polar surface area (TPSA) is 44.1 Å². The molecule has 1 saturated heterocycles. The lowest BCUT2D eigenvalue weighted by Gasteiger charge is -2.36. The van der Waals surface area contributed by atoms with Gasteiger partial charge in [-0.3, -0.25) is 9.69 Å². The molecule has 128 valence electrons. The molecule has 2 aromatic rings. The van der Waals surface area contributed by atoms with Crippen molar-refractivity contribution in [2.45, 2.75) is 44.6 Å². The third-order valence-corrected chi connectivity index (χ3v) is 5.92. The van der Waals surface area contributed by atoms with Crippen LogP contribution in [0, 0.1) is 17.2 Å². The number of hydrogen-bond donors (Lipinski definition) is 0. The van der Waals surface area contributed by atoms with Gasteiger partial charge in [-0.1, -0.05) is 31.0 Å². The van der Waals surface area contributed by atoms with E-state index < -0.39 is 0 Å². The summed E-state index contributed by atoms with van der Waals surface area (Å²) in [6.07, 6.45) is 7.43. The summed E-state index contributed by atoms with van der Waals surface area (Å²) in [6.45, 7) is 2.08. The van der Waals surface area contributed by atoms with Gasteiger partial charge in [0.25, 0.3) is 0 Å². The van der Waals surface area contributed by atoms with E-state index in [1.807, 2.05) is 36.4 Å². The number of Topliss-reactive ketones (excluding diaryl/α,β-unsaturated/α-hetero) is 1. The second-order valence-electron chi connectivity index (χ2n) is 7.53. The Morgan fingerprint density at radius 3 is 2.56 bits per heavy atom. The number of carbonyl (C=O) groups excluding carboxylic acids is 1. The molecule has 25 heavy (non-hydrogen) atoms. The second kappa shape index (κ2) is 6.98. The first kappa shape index (κ1) is 16.3. The number of likely N-dealkylation sites (tertiary alicyclic amines) is 1. The van der Waals surface area contributed by atoms with Gasteiger partial charge in [-0.05, 0) is 61.2 Å². The zero-order valence-electron chi connectivity index (χ0n) is 14.6. The Morgan fingerprint density at radius 2 is 1.76 bits per heavy atom. The van der Waals surface area contributed by atoms with Crippen LogP contribution in [0.5, 0.6) is 0 Å². The van der Waals surface area contributed by atoms with E-state index in [9.17, 15) is 4.79 Å². The molecular formula is C22H24N2O. The molecule has 2 aromatic carbocycles. The number of nitriles is 1. The monoisotopic (exact) mass is 332 g/mol. The van der Waals surface area contributed by atoms with Gasteiger partial charge in [0, 0.05) is 24.1 Å². The Kier molecular flexibility index (Phi) is 4.55. The zero-order valence-corrected chi connectivity index (χ0v) is 14.6. The molecule has 0 aromatic heterocycles. The average Bonchev–Trinajstić information content (AvgIpc) is 3.21. The standard InChI is InChI=1S/C22H24N2O/c23-14-16-7-8-18-13-19(10-9-17(18)12-16)22(25)20-4-3-11-24(15-20)21-5-1-2-6-21/h7-10,12-13,20-21H,1-6,11,15H2. The molecule has 3 heteroatoms. The van der Waals surface area contributed by atoms with Crippen LogP contribution in [-0.4, -0.2) is 29.8 Å². The van der Waals surface area contributed by atoms with Crippen molar-refractivity contribution in [1.82, 2.24) is 4.90 Å². The van der Waals surface area contributed by atoms with Gasteiger partial charge in [0.05, 0.1) is 11.6 Å². The number of benzene rings is 2. The Hall–Kier alpha value is -2.18. The Morgan fingerprint density at radius 1 is 1.00 bits per heavy atom. The molecule has 3 nitrogen and oxygen atoms in total. The van der Waals surface area contributed by atoms with Crippen LogP contribution < -0.4 is 0 Å². The lowest BCUT2D eigenvalue weighted by atomic mass is 9.88. The maximum Gasteiger partial charge on any atom is 0.167 e. The van der Waals surface area contributed by atoms with Crippen LogP contribution in [-0.2, 0) is 0 Å². The molecule has 2 aliphatic rings. The van der Waals surface area contributed by atoms with Gasteiger partial charge in [-0.15, -0.1) is 0 Å². The maximum atomic E-state index is 13.0. The fourth-order valence-electron chi connectivity index (χ4n) is 4.53. The molecule has 4 rings (SSSR count). The predicted octanol–water partition coefficient (Wildman–Crippen LogP) is 4.55. The molecule has 0 bridgehead atoms. The average molecular weight is 332 g/mol. The van der Waals surface area contributed by atoms with Crippen molar-refractivity contribution in [2.75, 3.05) is 13.1 Å². The smallest absolute Gasteiger partial charge is 0.167 e. The number of fused-ring (bicyclic) bond motifs is 1. The lowest BCUT2D eigenvalue weighted by molar-refractivity contribution is 0.0757. The van der Waals surface area contributed by atoms with Crippen LogP contribution in [0.4, 0.5) is 0 Å². The Balaban J connectivity index is 1.53. The molecule has 1 aliphatic heterocycles. The quantitative estimate of drug-likeness (QED) is 0.775. The van der Waals surface area contributed by atoms with E-state index in [1.165, 1.54) is 25.7 Å². The van der Waals surface area contributed by atoms with Crippen molar-refractivity contribution in [2.24, 2.45) is 5.92 Å². The van der Waals surface area contributed by atoms with Crippen LogP contribution in [0.2, 0.25) is 0 Å². The first-order chi connectivity index (χ1) is 12.2. The van der Waals surface area contributed by atoms with Gasteiger partial charge in [-0.2, -0.15) is 5.26 Å². The maximum absolute atomic E-state index is 13.0. The molecule has 0 spiro atoms. The first-order valence-electron chi connectivity index (χ1n) is 9.47. The van der Waals surface area contributed by atoms with Gasteiger partial charge in [0.15, 0.2) is 5.78 Å². The summed E-state index contributed by atoms with van der Waals surface area (Å²) in [4.78, 5) is 15.6. The molecule has 1 aliphatic carbocycles. The highest BCUT2D eigenvalue weighted by Crippen LogP contribution is 2.29. The van der Waals surface area contributed by atoms with E-state index >= 15 is 0 Å². The van der Waals surface area contributed by atoms with Crippen molar-refractivity contribution in [3.05, 3.63) is 47.5 Å². The minimum Gasteiger partial charge on any atom is -0.300 e. The van der Waals surface area contributed by atoms with Crippen molar-refractivity contribution in [3.63, 3.8) is 0 Å². The Labute approximate surface area is 149 Å². The summed E-state index contributed by atoms with van der Waals surface area (Å²) in [5, 5.41) is 11.1. The van der Waals surface area contributed by atoms with Crippen molar-refractivity contribution >= 4 is 16.6 Å². The van der Waals surface area contributed by atoms with Crippen LogP contribution in [0.3, 0.4) is 0 Å². The number of hydrogen-bond acceptors (Lipinski definition) is 3. The summed E-state index contributed by atoms with van der Waals surface area (Å²) in [6, 6.07) is 14.4. The summed E-state index contributed by atoms with van der Waals surface area (Å²) in [5.41, 5.74) is 1.47. The molecule has 0 radical (unpaired) electrons. The molecule has 1 saturated carbocycles. The van der Waals surface area contributed by atoms with E-state index in [4.69, 9.17) is 5.26 Å². The highest BCUT2D eigenvalue weighted by Gasteiger charge is 2.31. The number of rotatable bonds is 3. The molecule has 0 N–H and O–H groups in total. The van der Waals surface area contributed by atoms with Crippen LogP contribution in [0.25, 0.3) is 10.8 Å². The van der Waals surface area contributed by atoms with Gasteiger partial charge in [0.2, 0.25) is 0 Å². The summed E-state index contributed by atoms with van der Waals surface area (Å²) in [5.74, 6) is 0.416. The molecular weight excluding hydrogens is 308 g/mol. The summed E-state index contributed by atoms with van der Waals surface area (Å²) < 4.78 is 0. The fourth-order valence-corrected chi connectivity index (χ4v) is 4.53. The number of nitrogens with zero attached hydrogens (tertiary/aromatic N) is 2. The van der Waals surface area contributed by atoms with E-state index in [-0.39, 0.29) is 11.7 Å². The van der Waals surface area contributed by atoms with Crippen LogP contribution >= 0.6 is 0 Å². The minimum absolute atomic E-state index is 0.130. The van der Waals surface area contributed by atoms with Crippen molar-refractivity contribution < 1.29 is 4.79 Å². The SMILES string of the molecule is N#Cc1ccc2cc(C(=O)C3CCCN(C4CCCC4)C3)ccc2c1.